The lowest BCUT2D eigenvalue weighted by Crippen LogP contribution is -1.87. The van der Waals surface area contributed by atoms with Gasteiger partial charge in [-0.25, -0.2) is 4.21 Å². The lowest BCUT2D eigenvalue weighted by molar-refractivity contribution is 0.565. The maximum absolute atomic E-state index is 10.8. The second-order valence-electron chi connectivity index (χ2n) is 2.46. The highest BCUT2D eigenvalue weighted by atomic mass is 32.2. The average Bonchev–Trinajstić information content (AvgIpc) is 2.49. The molecule has 2 N–H and O–H groups in total. The highest BCUT2D eigenvalue weighted by Crippen LogP contribution is 2.19. The molecule has 0 radical (unpaired) electrons. The fourth-order valence-corrected chi connectivity index (χ4v) is 1.77. The van der Waals surface area contributed by atoms with Gasteiger partial charge >= 0.3 is 0 Å². The first-order valence-electron chi connectivity index (χ1n) is 3.45. The molecule has 2 rings (SSSR count). The third kappa shape index (κ3) is 1.05. The van der Waals surface area contributed by atoms with Gasteiger partial charge in [0.25, 0.3) is 0 Å². The molecule has 1 aromatic carbocycles. The van der Waals surface area contributed by atoms with Crippen molar-refractivity contribution in [1.29, 1.82) is 0 Å². The van der Waals surface area contributed by atoms with Gasteiger partial charge in [0.1, 0.15) is 0 Å². The zero-order chi connectivity index (χ0) is 8.55. The first-order valence-corrected chi connectivity index (χ1v) is 4.56. The Morgan fingerprint density at radius 2 is 2.17 bits per heavy atom. The zero-order valence-electron chi connectivity index (χ0n) is 6.15. The molecule has 0 fully saturated rings. The smallest absolute Gasteiger partial charge is 0.187 e. The maximum atomic E-state index is 10.8. The molecule has 0 saturated carbocycles. The Labute approximate surface area is 71.7 Å². The number of benzene rings is 1. The van der Waals surface area contributed by atoms with Gasteiger partial charge in [-0.05, 0) is 6.07 Å². The monoisotopic (exact) mass is 181 g/mol. The molecule has 0 spiro atoms. The molecule has 0 aliphatic heterocycles. The van der Waals surface area contributed by atoms with Gasteiger partial charge in [0, 0.05) is 23.2 Å². The number of aromatic amines is 1. The number of hydrogen-bond acceptors (Lipinski definition) is 1. The molecule has 0 saturated heterocycles. The van der Waals surface area contributed by atoms with Crippen molar-refractivity contribution in [1.82, 2.24) is 4.98 Å². The largest absolute Gasteiger partial charge is 0.366 e. The van der Waals surface area contributed by atoms with Crippen LogP contribution in [0.3, 0.4) is 0 Å². The quantitative estimate of drug-likeness (QED) is 0.658. The summed E-state index contributed by atoms with van der Waals surface area (Å²) in [5.41, 5.74) is 0. The highest BCUT2D eigenvalue weighted by Gasteiger charge is 2.04. The minimum absolute atomic E-state index is 0.453. The number of hydrogen-bond donors (Lipinski definition) is 2. The summed E-state index contributed by atoms with van der Waals surface area (Å²) in [4.78, 5) is 3.34. The van der Waals surface area contributed by atoms with E-state index in [-0.39, 0.29) is 0 Å². The summed E-state index contributed by atoms with van der Waals surface area (Å²) in [7, 11) is 0. The Kier molecular flexibility index (Phi) is 1.71. The summed E-state index contributed by atoms with van der Waals surface area (Å²) < 4.78 is 19.7. The minimum atomic E-state index is -1.90. The second kappa shape index (κ2) is 2.73. The lowest BCUT2D eigenvalue weighted by Gasteiger charge is -1.95. The van der Waals surface area contributed by atoms with Crippen molar-refractivity contribution < 1.29 is 8.76 Å². The van der Waals surface area contributed by atoms with Crippen molar-refractivity contribution in [2.45, 2.75) is 4.90 Å². The van der Waals surface area contributed by atoms with Gasteiger partial charge in [-0.15, -0.1) is 0 Å². The van der Waals surface area contributed by atoms with E-state index in [0.717, 1.165) is 10.8 Å². The van der Waals surface area contributed by atoms with Crippen LogP contribution in [0.1, 0.15) is 0 Å². The summed E-state index contributed by atoms with van der Waals surface area (Å²) in [6.07, 6.45) is 3.52. The van der Waals surface area contributed by atoms with Crippen LogP contribution < -0.4 is 0 Å². The predicted octanol–water partition coefficient (Wildman–Crippen LogP) is 1.75. The molecular weight excluding hydrogens is 174 g/mol. The van der Waals surface area contributed by atoms with Crippen molar-refractivity contribution in [3.05, 3.63) is 30.6 Å². The summed E-state index contributed by atoms with van der Waals surface area (Å²) >= 11 is -1.90. The fraction of sp³-hybridized carbons (Fsp3) is 0. The van der Waals surface area contributed by atoms with Crippen LogP contribution in [0.5, 0.6) is 0 Å². The van der Waals surface area contributed by atoms with Gasteiger partial charge < -0.3 is 9.54 Å². The summed E-state index contributed by atoms with van der Waals surface area (Å²) in [6.45, 7) is 0. The summed E-state index contributed by atoms with van der Waals surface area (Å²) in [5.74, 6) is 0. The molecule has 1 unspecified atom stereocenters. The normalized spacial score (nSPS) is 13.4. The molecule has 2 aromatic rings. The summed E-state index contributed by atoms with van der Waals surface area (Å²) in [5, 5.41) is 1.76. The lowest BCUT2D eigenvalue weighted by atomic mass is 10.2. The number of nitrogens with one attached hydrogen (secondary N) is 1. The van der Waals surface area contributed by atoms with Gasteiger partial charge in [-0.1, -0.05) is 12.1 Å². The van der Waals surface area contributed by atoms with Crippen LogP contribution in [0.25, 0.3) is 10.8 Å². The Balaban J connectivity index is 2.82. The van der Waals surface area contributed by atoms with E-state index in [4.69, 9.17) is 4.55 Å². The van der Waals surface area contributed by atoms with Crippen molar-refractivity contribution in [3.8, 4) is 0 Å². The standard InChI is InChI=1S/C8H7NO2S/c10-12(11)8-3-1-2-6-4-9-5-7(6)8/h1-5,9H,(H,10,11). The Morgan fingerprint density at radius 1 is 1.33 bits per heavy atom. The predicted molar refractivity (Wildman–Crippen MR) is 47.3 cm³/mol. The third-order valence-electron chi connectivity index (χ3n) is 1.75. The van der Waals surface area contributed by atoms with Crippen LogP contribution >= 0.6 is 0 Å². The van der Waals surface area contributed by atoms with E-state index < -0.39 is 11.1 Å². The first kappa shape index (κ1) is 7.52. The van der Waals surface area contributed by atoms with Crippen molar-refractivity contribution in [3.63, 3.8) is 0 Å². The molecule has 62 valence electrons. The van der Waals surface area contributed by atoms with Crippen LogP contribution in [0.2, 0.25) is 0 Å². The highest BCUT2D eigenvalue weighted by molar-refractivity contribution is 7.79. The molecule has 0 aliphatic rings. The molecule has 3 nitrogen and oxygen atoms in total. The Bertz CT molecular complexity index is 435. The van der Waals surface area contributed by atoms with Crippen LogP contribution in [0.4, 0.5) is 0 Å². The Morgan fingerprint density at radius 3 is 2.92 bits per heavy atom. The molecule has 1 atom stereocenters. The van der Waals surface area contributed by atoms with Gasteiger partial charge in [0.2, 0.25) is 0 Å². The van der Waals surface area contributed by atoms with Crippen LogP contribution in [0.15, 0.2) is 35.5 Å². The van der Waals surface area contributed by atoms with E-state index in [1.165, 1.54) is 0 Å². The first-order chi connectivity index (χ1) is 5.79. The number of H-pyrrole nitrogens is 1. The van der Waals surface area contributed by atoms with E-state index in [1.807, 2.05) is 6.07 Å². The van der Waals surface area contributed by atoms with Crippen molar-refractivity contribution in [2.24, 2.45) is 0 Å². The third-order valence-corrected chi connectivity index (χ3v) is 2.49. The van der Waals surface area contributed by atoms with Crippen molar-refractivity contribution in [2.75, 3.05) is 0 Å². The van der Waals surface area contributed by atoms with E-state index in [0.29, 0.717) is 4.90 Å². The minimum Gasteiger partial charge on any atom is -0.366 e. The van der Waals surface area contributed by atoms with Crippen LogP contribution in [0, 0.1) is 0 Å². The van der Waals surface area contributed by atoms with E-state index in [1.54, 1.807) is 24.5 Å². The van der Waals surface area contributed by atoms with Crippen LogP contribution in [-0.2, 0) is 11.1 Å². The van der Waals surface area contributed by atoms with Crippen LogP contribution in [-0.4, -0.2) is 13.7 Å². The summed E-state index contributed by atoms with van der Waals surface area (Å²) in [6, 6.07) is 5.30. The van der Waals surface area contributed by atoms with E-state index >= 15 is 0 Å². The molecule has 0 amide bonds. The van der Waals surface area contributed by atoms with Gasteiger partial charge in [0.15, 0.2) is 11.1 Å². The SMILES string of the molecule is O=S(O)c1cccc2c[nH]cc12. The zero-order valence-corrected chi connectivity index (χ0v) is 6.97. The molecule has 1 heterocycles. The fourth-order valence-electron chi connectivity index (χ4n) is 1.21. The molecular formula is C8H7NO2S. The number of rotatable bonds is 1. The Hall–Kier alpha value is -1.13. The molecule has 0 aliphatic carbocycles. The van der Waals surface area contributed by atoms with E-state index in [9.17, 15) is 4.21 Å². The topological polar surface area (TPSA) is 53.1 Å². The van der Waals surface area contributed by atoms with Gasteiger partial charge in [0.05, 0.1) is 4.90 Å². The van der Waals surface area contributed by atoms with E-state index in [2.05, 4.69) is 4.98 Å². The van der Waals surface area contributed by atoms with Crippen molar-refractivity contribution >= 4 is 21.9 Å². The van der Waals surface area contributed by atoms with Gasteiger partial charge in [-0.3, -0.25) is 0 Å². The maximum Gasteiger partial charge on any atom is 0.187 e. The molecule has 12 heavy (non-hydrogen) atoms. The number of fused-ring (bicyclic) bond motifs is 1. The van der Waals surface area contributed by atoms with Gasteiger partial charge in [-0.2, -0.15) is 0 Å². The number of aromatic nitrogens is 1. The average molecular weight is 181 g/mol. The molecule has 0 bridgehead atoms. The molecule has 4 heteroatoms. The molecule has 1 aromatic heterocycles. The second-order valence-corrected chi connectivity index (χ2v) is 3.40.